The zero-order valence-electron chi connectivity index (χ0n) is 9.15. The minimum absolute atomic E-state index is 0.0370. The Balaban J connectivity index is 2.40. The molecule has 0 atom stereocenters. The van der Waals surface area contributed by atoms with Crippen LogP contribution in [-0.2, 0) is 14.4 Å². The third-order valence-corrected chi connectivity index (χ3v) is 2.60. The average Bonchev–Trinajstić information content (AvgIpc) is 2.54. The minimum atomic E-state index is -0.160. The lowest BCUT2D eigenvalue weighted by atomic mass is 10.3. The summed E-state index contributed by atoms with van der Waals surface area (Å²) in [4.78, 5) is 36.6. The molecule has 15 heavy (non-hydrogen) atoms. The second-order valence-electron chi connectivity index (χ2n) is 3.60. The van der Waals surface area contributed by atoms with Gasteiger partial charge in [-0.2, -0.15) is 0 Å². The summed E-state index contributed by atoms with van der Waals surface area (Å²) >= 11 is 0. The molecule has 0 radical (unpaired) electrons. The molecule has 0 aliphatic carbocycles. The molecule has 0 saturated carbocycles. The fourth-order valence-electron chi connectivity index (χ4n) is 1.45. The Labute approximate surface area is 89.0 Å². The Morgan fingerprint density at radius 3 is 2.33 bits per heavy atom. The summed E-state index contributed by atoms with van der Waals surface area (Å²) in [7, 11) is 1.70. The summed E-state index contributed by atoms with van der Waals surface area (Å²) in [5, 5.41) is 0. The van der Waals surface area contributed by atoms with Crippen molar-refractivity contribution in [1.82, 2.24) is 9.80 Å². The van der Waals surface area contributed by atoms with Crippen molar-refractivity contribution in [3.8, 4) is 0 Å². The van der Waals surface area contributed by atoms with Crippen LogP contribution >= 0.6 is 0 Å². The standard InChI is InChI=1S/C10H16N2O3/c1-3-11(2)8(13)6-7-12-9(14)4-5-10(12)15/h3-7H2,1-2H3. The molecular weight excluding hydrogens is 196 g/mol. The number of likely N-dealkylation sites (tertiary alicyclic amines) is 1. The van der Waals surface area contributed by atoms with Gasteiger partial charge in [0.05, 0.1) is 0 Å². The summed E-state index contributed by atoms with van der Waals surface area (Å²) in [6.45, 7) is 2.74. The molecule has 1 fully saturated rings. The van der Waals surface area contributed by atoms with Crippen molar-refractivity contribution in [2.75, 3.05) is 20.1 Å². The molecular formula is C10H16N2O3. The van der Waals surface area contributed by atoms with E-state index in [0.717, 1.165) is 0 Å². The Hall–Kier alpha value is -1.39. The van der Waals surface area contributed by atoms with Gasteiger partial charge in [-0.1, -0.05) is 0 Å². The predicted octanol–water partition coefficient (Wildman–Crippen LogP) is 0.00380. The molecule has 0 aromatic rings. The molecule has 0 unspecified atom stereocenters. The van der Waals surface area contributed by atoms with Crippen LogP contribution in [0.2, 0.25) is 0 Å². The van der Waals surface area contributed by atoms with Gasteiger partial charge in [0, 0.05) is 39.4 Å². The SMILES string of the molecule is CCN(C)C(=O)CCN1C(=O)CCC1=O. The number of rotatable bonds is 4. The maximum atomic E-state index is 11.4. The third-order valence-electron chi connectivity index (χ3n) is 2.60. The molecule has 5 heteroatoms. The summed E-state index contributed by atoms with van der Waals surface area (Å²) in [5.41, 5.74) is 0. The maximum Gasteiger partial charge on any atom is 0.229 e. The van der Waals surface area contributed by atoms with Gasteiger partial charge in [-0.05, 0) is 6.92 Å². The third kappa shape index (κ3) is 2.78. The van der Waals surface area contributed by atoms with E-state index in [0.29, 0.717) is 6.54 Å². The monoisotopic (exact) mass is 212 g/mol. The molecule has 5 nitrogen and oxygen atoms in total. The number of carbonyl (C=O) groups is 3. The molecule has 0 aromatic heterocycles. The predicted molar refractivity (Wildman–Crippen MR) is 53.9 cm³/mol. The lowest BCUT2D eigenvalue weighted by Gasteiger charge is -2.17. The Kier molecular flexibility index (Phi) is 3.82. The van der Waals surface area contributed by atoms with E-state index in [9.17, 15) is 14.4 Å². The zero-order chi connectivity index (χ0) is 11.4. The number of amides is 3. The van der Waals surface area contributed by atoms with E-state index in [1.54, 1.807) is 11.9 Å². The number of carbonyl (C=O) groups excluding carboxylic acids is 3. The van der Waals surface area contributed by atoms with Crippen molar-refractivity contribution in [3.05, 3.63) is 0 Å². The maximum absolute atomic E-state index is 11.4. The van der Waals surface area contributed by atoms with Gasteiger partial charge in [-0.3, -0.25) is 19.3 Å². The van der Waals surface area contributed by atoms with E-state index in [1.807, 2.05) is 6.92 Å². The van der Waals surface area contributed by atoms with Crippen LogP contribution in [0, 0.1) is 0 Å². The van der Waals surface area contributed by atoms with Gasteiger partial charge in [-0.25, -0.2) is 0 Å². The van der Waals surface area contributed by atoms with Crippen LogP contribution in [0.3, 0.4) is 0 Å². The molecule has 1 heterocycles. The molecule has 0 spiro atoms. The van der Waals surface area contributed by atoms with Gasteiger partial charge in [0.1, 0.15) is 0 Å². The van der Waals surface area contributed by atoms with E-state index >= 15 is 0 Å². The Morgan fingerprint density at radius 1 is 1.33 bits per heavy atom. The van der Waals surface area contributed by atoms with Crippen molar-refractivity contribution in [2.45, 2.75) is 26.2 Å². The van der Waals surface area contributed by atoms with Gasteiger partial charge in [0.25, 0.3) is 0 Å². The summed E-state index contributed by atoms with van der Waals surface area (Å²) < 4.78 is 0. The number of hydrogen-bond donors (Lipinski definition) is 0. The smallest absolute Gasteiger partial charge is 0.229 e. The van der Waals surface area contributed by atoms with Crippen LogP contribution < -0.4 is 0 Å². The summed E-state index contributed by atoms with van der Waals surface area (Å²) in [6, 6.07) is 0. The second-order valence-corrected chi connectivity index (χ2v) is 3.60. The van der Waals surface area contributed by atoms with Crippen molar-refractivity contribution in [1.29, 1.82) is 0 Å². The first kappa shape index (κ1) is 11.7. The van der Waals surface area contributed by atoms with Gasteiger partial charge in [-0.15, -0.1) is 0 Å². The highest BCUT2D eigenvalue weighted by Gasteiger charge is 2.28. The van der Waals surface area contributed by atoms with Gasteiger partial charge in [0.2, 0.25) is 17.7 Å². The first-order valence-electron chi connectivity index (χ1n) is 5.13. The van der Waals surface area contributed by atoms with Crippen LogP contribution in [0.25, 0.3) is 0 Å². The minimum Gasteiger partial charge on any atom is -0.346 e. The van der Waals surface area contributed by atoms with E-state index in [2.05, 4.69) is 0 Å². The number of imide groups is 1. The molecule has 84 valence electrons. The highest BCUT2D eigenvalue weighted by molar-refractivity contribution is 6.02. The van der Waals surface area contributed by atoms with Gasteiger partial charge < -0.3 is 4.90 Å². The first-order valence-corrected chi connectivity index (χ1v) is 5.13. The fraction of sp³-hybridized carbons (Fsp3) is 0.700. The van der Waals surface area contributed by atoms with E-state index in [-0.39, 0.29) is 43.5 Å². The van der Waals surface area contributed by atoms with E-state index < -0.39 is 0 Å². The zero-order valence-corrected chi connectivity index (χ0v) is 9.15. The van der Waals surface area contributed by atoms with Crippen LogP contribution in [0.1, 0.15) is 26.2 Å². The average molecular weight is 212 g/mol. The lowest BCUT2D eigenvalue weighted by Crippen LogP contribution is -2.34. The van der Waals surface area contributed by atoms with E-state index in [4.69, 9.17) is 0 Å². The largest absolute Gasteiger partial charge is 0.346 e. The molecule has 1 saturated heterocycles. The summed E-state index contributed by atoms with van der Waals surface area (Å²) in [6.07, 6.45) is 0.801. The first-order chi connectivity index (χ1) is 7.06. The summed E-state index contributed by atoms with van der Waals surface area (Å²) in [5.74, 6) is -0.357. The van der Waals surface area contributed by atoms with Gasteiger partial charge in [0.15, 0.2) is 0 Å². The van der Waals surface area contributed by atoms with Crippen molar-refractivity contribution in [3.63, 3.8) is 0 Å². The molecule has 1 aliphatic heterocycles. The topological polar surface area (TPSA) is 57.7 Å². The Bertz CT molecular complexity index is 272. The van der Waals surface area contributed by atoms with Crippen molar-refractivity contribution in [2.24, 2.45) is 0 Å². The van der Waals surface area contributed by atoms with Crippen LogP contribution in [0.15, 0.2) is 0 Å². The van der Waals surface area contributed by atoms with Crippen LogP contribution in [-0.4, -0.2) is 47.7 Å². The second kappa shape index (κ2) is 4.91. The molecule has 0 aromatic carbocycles. The highest BCUT2D eigenvalue weighted by atomic mass is 16.2. The van der Waals surface area contributed by atoms with Crippen molar-refractivity contribution < 1.29 is 14.4 Å². The number of hydrogen-bond acceptors (Lipinski definition) is 3. The molecule has 0 bridgehead atoms. The molecule has 3 amide bonds. The molecule has 1 rings (SSSR count). The molecule has 0 N–H and O–H groups in total. The van der Waals surface area contributed by atoms with Crippen LogP contribution in [0.4, 0.5) is 0 Å². The van der Waals surface area contributed by atoms with E-state index in [1.165, 1.54) is 4.90 Å². The highest BCUT2D eigenvalue weighted by Crippen LogP contribution is 2.11. The van der Waals surface area contributed by atoms with Crippen LogP contribution in [0.5, 0.6) is 0 Å². The van der Waals surface area contributed by atoms with Crippen molar-refractivity contribution >= 4 is 17.7 Å². The fourth-order valence-corrected chi connectivity index (χ4v) is 1.45. The van der Waals surface area contributed by atoms with Gasteiger partial charge >= 0.3 is 0 Å². The Morgan fingerprint density at radius 2 is 1.87 bits per heavy atom. The lowest BCUT2D eigenvalue weighted by molar-refractivity contribution is -0.139. The number of nitrogens with zero attached hydrogens (tertiary/aromatic N) is 2. The molecule has 1 aliphatic rings. The quantitative estimate of drug-likeness (QED) is 0.616. The normalized spacial score (nSPS) is 16.0.